The van der Waals surface area contributed by atoms with Gasteiger partial charge in [-0.3, -0.25) is 0 Å². The van der Waals surface area contributed by atoms with Gasteiger partial charge < -0.3 is 5.32 Å². The Balaban J connectivity index is 2.26. The van der Waals surface area contributed by atoms with Crippen molar-refractivity contribution in [3.05, 3.63) is 27.6 Å². The highest BCUT2D eigenvalue weighted by Gasteiger charge is 2.11. The van der Waals surface area contributed by atoms with E-state index in [0.717, 1.165) is 39.4 Å². The van der Waals surface area contributed by atoms with Crippen molar-refractivity contribution in [3.8, 4) is 0 Å². The summed E-state index contributed by atoms with van der Waals surface area (Å²) in [5.41, 5.74) is 3.13. The summed E-state index contributed by atoms with van der Waals surface area (Å²) in [6, 6.07) is 0. The molecule has 21 heavy (non-hydrogen) atoms. The van der Waals surface area contributed by atoms with E-state index in [1.807, 2.05) is 20.8 Å². The molecule has 0 bridgehead atoms. The van der Waals surface area contributed by atoms with Crippen molar-refractivity contribution in [2.24, 2.45) is 0 Å². The van der Waals surface area contributed by atoms with Crippen LogP contribution < -0.4 is 5.32 Å². The van der Waals surface area contributed by atoms with Gasteiger partial charge in [0.15, 0.2) is 5.16 Å². The summed E-state index contributed by atoms with van der Waals surface area (Å²) in [5.74, 6) is 0.628. The number of hydrogen-bond donors (Lipinski definition) is 1. The van der Waals surface area contributed by atoms with Crippen LogP contribution in [0.1, 0.15) is 30.3 Å². The number of hydrogen-bond acceptors (Lipinski definition) is 6. The first kappa shape index (κ1) is 16.2. The summed E-state index contributed by atoms with van der Waals surface area (Å²) in [7, 11) is 0. The first-order chi connectivity index (χ1) is 10.0. The third-order valence-corrected chi connectivity index (χ3v) is 4.76. The van der Waals surface area contributed by atoms with E-state index in [9.17, 15) is 0 Å². The molecule has 5 nitrogen and oxygen atoms in total. The van der Waals surface area contributed by atoms with Crippen LogP contribution in [0.3, 0.4) is 0 Å². The molecule has 0 aromatic carbocycles. The number of aromatic nitrogens is 4. The van der Waals surface area contributed by atoms with Crippen molar-refractivity contribution in [1.29, 1.82) is 0 Å². The zero-order valence-electron chi connectivity index (χ0n) is 12.6. The average molecular weight is 368 g/mol. The maximum absolute atomic E-state index is 4.51. The maximum Gasteiger partial charge on any atom is 0.223 e. The minimum atomic E-state index is 0.628. The van der Waals surface area contributed by atoms with Gasteiger partial charge in [0.05, 0.1) is 4.47 Å². The Bertz CT molecular complexity index is 624. The molecule has 2 aromatic rings. The lowest BCUT2D eigenvalue weighted by Gasteiger charge is -2.08. The van der Waals surface area contributed by atoms with Gasteiger partial charge in [0.1, 0.15) is 5.03 Å². The molecule has 0 aliphatic rings. The van der Waals surface area contributed by atoms with E-state index < -0.39 is 0 Å². The van der Waals surface area contributed by atoms with Crippen LogP contribution in [0.15, 0.2) is 20.9 Å². The summed E-state index contributed by atoms with van der Waals surface area (Å²) >= 11 is 4.92. The molecular formula is C14H18BrN5S. The molecule has 7 heteroatoms. The van der Waals surface area contributed by atoms with Gasteiger partial charge in [0.25, 0.3) is 0 Å². The molecular weight excluding hydrogens is 350 g/mol. The van der Waals surface area contributed by atoms with Crippen molar-refractivity contribution in [3.63, 3.8) is 0 Å². The minimum Gasteiger partial charge on any atom is -0.354 e. The van der Waals surface area contributed by atoms with Gasteiger partial charge in [-0.2, -0.15) is 0 Å². The van der Waals surface area contributed by atoms with Crippen molar-refractivity contribution in [2.75, 3.05) is 11.9 Å². The second kappa shape index (κ2) is 7.17. The van der Waals surface area contributed by atoms with E-state index in [2.05, 4.69) is 48.1 Å². The standard InChI is InChI=1S/C14H18BrN5S/c1-5-6-16-13-17-7-11(15)12(20-13)21-14-18-9(3)8(2)10(4)19-14/h7H,5-6H2,1-4H3,(H,16,17,20). The van der Waals surface area contributed by atoms with Gasteiger partial charge in [0, 0.05) is 24.1 Å². The lowest BCUT2D eigenvalue weighted by molar-refractivity contribution is 0.875. The van der Waals surface area contributed by atoms with Crippen LogP contribution in [0.4, 0.5) is 5.95 Å². The van der Waals surface area contributed by atoms with Crippen LogP contribution in [0, 0.1) is 20.8 Å². The first-order valence-corrected chi connectivity index (χ1v) is 8.38. The molecule has 2 aromatic heterocycles. The van der Waals surface area contributed by atoms with Crippen molar-refractivity contribution in [2.45, 2.75) is 44.3 Å². The highest BCUT2D eigenvalue weighted by molar-refractivity contribution is 9.10. The molecule has 0 atom stereocenters. The Hall–Kier alpha value is -1.21. The SMILES string of the molecule is CCCNc1ncc(Br)c(Sc2nc(C)c(C)c(C)n2)n1. The van der Waals surface area contributed by atoms with Crippen LogP contribution in [0.5, 0.6) is 0 Å². The van der Waals surface area contributed by atoms with Crippen LogP contribution in [-0.2, 0) is 0 Å². The van der Waals surface area contributed by atoms with Gasteiger partial charge >= 0.3 is 0 Å². The highest BCUT2D eigenvalue weighted by Crippen LogP contribution is 2.30. The smallest absolute Gasteiger partial charge is 0.223 e. The molecule has 112 valence electrons. The van der Waals surface area contributed by atoms with Gasteiger partial charge in [0.2, 0.25) is 5.95 Å². The topological polar surface area (TPSA) is 63.6 Å². The molecule has 0 unspecified atom stereocenters. The summed E-state index contributed by atoms with van der Waals surface area (Å²) in [6.07, 6.45) is 2.78. The van der Waals surface area contributed by atoms with E-state index in [-0.39, 0.29) is 0 Å². The largest absolute Gasteiger partial charge is 0.354 e. The molecule has 0 spiro atoms. The molecule has 0 amide bonds. The predicted octanol–water partition coefficient (Wildman–Crippen LogP) is 3.93. The summed E-state index contributed by atoms with van der Waals surface area (Å²) in [4.78, 5) is 17.8. The average Bonchev–Trinajstić information content (AvgIpc) is 2.45. The second-order valence-electron chi connectivity index (χ2n) is 4.68. The molecule has 0 saturated carbocycles. The zero-order valence-corrected chi connectivity index (χ0v) is 15.0. The van der Waals surface area contributed by atoms with Gasteiger partial charge in [-0.05, 0) is 60.4 Å². The van der Waals surface area contributed by atoms with Crippen LogP contribution in [0.2, 0.25) is 0 Å². The zero-order chi connectivity index (χ0) is 15.4. The molecule has 2 rings (SSSR count). The number of anilines is 1. The maximum atomic E-state index is 4.51. The second-order valence-corrected chi connectivity index (χ2v) is 6.49. The number of halogens is 1. The lowest BCUT2D eigenvalue weighted by atomic mass is 10.2. The Morgan fingerprint density at radius 2 is 1.81 bits per heavy atom. The van der Waals surface area contributed by atoms with Gasteiger partial charge in [-0.25, -0.2) is 19.9 Å². The Kier molecular flexibility index (Phi) is 5.52. The predicted molar refractivity (Wildman–Crippen MR) is 88.9 cm³/mol. The molecule has 0 aliphatic carbocycles. The molecule has 0 fully saturated rings. The fourth-order valence-corrected chi connectivity index (χ4v) is 2.87. The van der Waals surface area contributed by atoms with E-state index in [1.165, 1.54) is 11.8 Å². The fourth-order valence-electron chi connectivity index (χ4n) is 1.62. The van der Waals surface area contributed by atoms with E-state index in [0.29, 0.717) is 11.1 Å². The number of nitrogens with one attached hydrogen (secondary N) is 1. The Morgan fingerprint density at radius 1 is 1.14 bits per heavy atom. The first-order valence-electron chi connectivity index (χ1n) is 6.77. The van der Waals surface area contributed by atoms with E-state index in [4.69, 9.17) is 0 Å². The molecule has 0 aliphatic heterocycles. The fraction of sp³-hybridized carbons (Fsp3) is 0.429. The summed E-state index contributed by atoms with van der Waals surface area (Å²) in [5, 5.41) is 4.70. The Labute approximate surface area is 137 Å². The lowest BCUT2D eigenvalue weighted by Crippen LogP contribution is -2.05. The quantitative estimate of drug-likeness (QED) is 0.637. The number of rotatable bonds is 5. The van der Waals surface area contributed by atoms with Crippen molar-refractivity contribution >= 4 is 33.6 Å². The molecule has 0 saturated heterocycles. The monoisotopic (exact) mass is 367 g/mol. The Morgan fingerprint density at radius 3 is 2.43 bits per heavy atom. The van der Waals surface area contributed by atoms with Crippen molar-refractivity contribution < 1.29 is 0 Å². The summed E-state index contributed by atoms with van der Waals surface area (Å²) < 4.78 is 0.842. The molecule has 2 heterocycles. The molecule has 1 N–H and O–H groups in total. The van der Waals surface area contributed by atoms with E-state index in [1.54, 1.807) is 6.20 Å². The third kappa shape index (κ3) is 4.14. The van der Waals surface area contributed by atoms with Gasteiger partial charge in [-0.15, -0.1) is 0 Å². The normalized spacial score (nSPS) is 10.7. The van der Waals surface area contributed by atoms with Gasteiger partial charge in [-0.1, -0.05) is 6.92 Å². The van der Waals surface area contributed by atoms with Crippen LogP contribution in [-0.4, -0.2) is 26.5 Å². The minimum absolute atomic E-state index is 0.628. The third-order valence-electron chi connectivity index (χ3n) is 3.05. The number of aryl methyl sites for hydroxylation is 2. The molecule has 0 radical (unpaired) electrons. The van der Waals surface area contributed by atoms with Crippen LogP contribution >= 0.6 is 27.7 Å². The van der Waals surface area contributed by atoms with Crippen LogP contribution in [0.25, 0.3) is 0 Å². The number of nitrogens with zero attached hydrogens (tertiary/aromatic N) is 4. The van der Waals surface area contributed by atoms with E-state index >= 15 is 0 Å². The highest BCUT2D eigenvalue weighted by atomic mass is 79.9. The summed E-state index contributed by atoms with van der Waals surface area (Å²) in [6.45, 7) is 8.99. The van der Waals surface area contributed by atoms with Crippen molar-refractivity contribution in [1.82, 2.24) is 19.9 Å².